The van der Waals surface area contributed by atoms with Gasteiger partial charge in [0, 0.05) is 18.8 Å². The number of hydrogen-bond donors (Lipinski definition) is 1. The molecular weight excluding hydrogens is 272 g/mol. The Kier molecular flexibility index (Phi) is 5.87. The molecule has 0 amide bonds. The Morgan fingerprint density at radius 2 is 2.00 bits per heavy atom. The molecule has 2 rings (SSSR count). The van der Waals surface area contributed by atoms with E-state index in [4.69, 9.17) is 0 Å². The molecule has 3 unspecified atom stereocenters. The van der Waals surface area contributed by atoms with E-state index in [1.54, 1.807) is 0 Å². The van der Waals surface area contributed by atoms with E-state index in [0.717, 1.165) is 51.4 Å². The van der Waals surface area contributed by atoms with Gasteiger partial charge in [0.25, 0.3) is 0 Å². The summed E-state index contributed by atoms with van der Waals surface area (Å²) < 4.78 is 23.6. The Bertz CT molecular complexity index is 391. The third-order valence-electron chi connectivity index (χ3n) is 5.02. The van der Waals surface area contributed by atoms with Gasteiger partial charge >= 0.3 is 0 Å². The van der Waals surface area contributed by atoms with Crippen LogP contribution in [0.3, 0.4) is 0 Å². The van der Waals surface area contributed by atoms with Crippen LogP contribution in [-0.4, -0.2) is 57.0 Å². The van der Waals surface area contributed by atoms with Crippen LogP contribution in [-0.2, 0) is 9.84 Å². The van der Waals surface area contributed by atoms with Crippen molar-refractivity contribution in [1.82, 2.24) is 10.2 Å². The molecule has 0 spiro atoms. The summed E-state index contributed by atoms with van der Waals surface area (Å²) in [5, 5.41) is 3.37. The van der Waals surface area contributed by atoms with Crippen LogP contribution in [0.15, 0.2) is 0 Å². The number of rotatable bonds is 5. The van der Waals surface area contributed by atoms with Gasteiger partial charge in [-0.3, -0.25) is 0 Å². The Balaban J connectivity index is 1.92. The zero-order valence-electron chi connectivity index (χ0n) is 13.0. The highest BCUT2D eigenvalue weighted by molar-refractivity contribution is 7.91. The molecule has 1 saturated carbocycles. The second kappa shape index (κ2) is 7.23. The van der Waals surface area contributed by atoms with E-state index in [-0.39, 0.29) is 5.25 Å². The lowest BCUT2D eigenvalue weighted by molar-refractivity contribution is 0.132. The summed E-state index contributed by atoms with van der Waals surface area (Å²) in [4.78, 5) is 2.54. The number of nitrogens with one attached hydrogen (secondary N) is 1. The van der Waals surface area contributed by atoms with Crippen LogP contribution in [0, 0.1) is 5.92 Å². The third kappa shape index (κ3) is 4.43. The van der Waals surface area contributed by atoms with Crippen molar-refractivity contribution in [3.63, 3.8) is 0 Å². The summed E-state index contributed by atoms with van der Waals surface area (Å²) >= 11 is 0. The number of piperidine rings is 1. The monoisotopic (exact) mass is 302 g/mol. The molecule has 2 aliphatic rings. The van der Waals surface area contributed by atoms with Gasteiger partial charge in [0.15, 0.2) is 0 Å². The summed E-state index contributed by atoms with van der Waals surface area (Å²) in [5.74, 6) is 0.738. The maximum absolute atomic E-state index is 11.8. The van der Waals surface area contributed by atoms with Crippen molar-refractivity contribution < 1.29 is 8.42 Å². The van der Waals surface area contributed by atoms with E-state index in [1.165, 1.54) is 25.5 Å². The van der Waals surface area contributed by atoms with Crippen molar-refractivity contribution in [1.29, 1.82) is 0 Å². The second-order valence-corrected chi connectivity index (χ2v) is 8.90. The average Bonchev–Trinajstić information content (AvgIpc) is 2.45. The predicted octanol–water partition coefficient (Wildman–Crippen LogP) is 1.66. The molecule has 4 nitrogen and oxygen atoms in total. The summed E-state index contributed by atoms with van der Waals surface area (Å²) in [6.45, 7) is 6.66. The minimum atomic E-state index is -2.87. The number of hydrogen-bond acceptors (Lipinski definition) is 4. The Morgan fingerprint density at radius 3 is 2.60 bits per heavy atom. The normalized spacial score (nSPS) is 32.5. The fourth-order valence-electron chi connectivity index (χ4n) is 3.79. The summed E-state index contributed by atoms with van der Waals surface area (Å²) in [7, 11) is -2.87. The molecule has 0 aromatic carbocycles. The predicted molar refractivity (Wildman–Crippen MR) is 83.7 cm³/mol. The summed E-state index contributed by atoms with van der Waals surface area (Å²) in [6.07, 6.45) is 7.92. The maximum Gasteiger partial charge on any atom is 0.150 e. The first-order chi connectivity index (χ1) is 9.50. The molecule has 3 atom stereocenters. The standard InChI is InChI=1S/C15H30N2O2S/c1-3-17(12-13-6-5-9-16-11-13)14-7-4-8-15(10-14)20(2,18)19/h13-16H,3-12H2,1-2H3. The number of sulfone groups is 1. The quantitative estimate of drug-likeness (QED) is 0.839. The zero-order valence-corrected chi connectivity index (χ0v) is 13.8. The van der Waals surface area contributed by atoms with Crippen molar-refractivity contribution in [2.75, 3.05) is 32.4 Å². The van der Waals surface area contributed by atoms with Gasteiger partial charge in [-0.05, 0) is 57.7 Å². The van der Waals surface area contributed by atoms with Crippen molar-refractivity contribution in [3.05, 3.63) is 0 Å². The van der Waals surface area contributed by atoms with Crippen LogP contribution in [0.2, 0.25) is 0 Å². The zero-order chi connectivity index (χ0) is 14.6. The highest BCUT2D eigenvalue weighted by Crippen LogP contribution is 2.28. The van der Waals surface area contributed by atoms with E-state index >= 15 is 0 Å². The lowest BCUT2D eigenvalue weighted by Crippen LogP contribution is -2.46. The fourth-order valence-corrected chi connectivity index (χ4v) is 4.96. The van der Waals surface area contributed by atoms with Crippen LogP contribution in [0.25, 0.3) is 0 Å². The van der Waals surface area contributed by atoms with Crippen molar-refractivity contribution in [2.24, 2.45) is 5.92 Å². The van der Waals surface area contributed by atoms with Gasteiger partial charge in [-0.15, -0.1) is 0 Å². The van der Waals surface area contributed by atoms with Crippen LogP contribution in [0.1, 0.15) is 45.4 Å². The van der Waals surface area contributed by atoms with Crippen molar-refractivity contribution in [3.8, 4) is 0 Å². The Labute approximate surface area is 124 Å². The molecule has 1 aliphatic carbocycles. The van der Waals surface area contributed by atoms with Crippen molar-refractivity contribution in [2.45, 2.75) is 56.7 Å². The average molecular weight is 302 g/mol. The van der Waals surface area contributed by atoms with Crippen LogP contribution in [0.4, 0.5) is 0 Å². The molecule has 1 aliphatic heterocycles. The van der Waals surface area contributed by atoms with Crippen LogP contribution in [0.5, 0.6) is 0 Å². The van der Waals surface area contributed by atoms with Crippen LogP contribution >= 0.6 is 0 Å². The molecule has 2 fully saturated rings. The van der Waals surface area contributed by atoms with E-state index in [9.17, 15) is 8.42 Å². The van der Waals surface area contributed by atoms with Crippen molar-refractivity contribution >= 4 is 9.84 Å². The first-order valence-electron chi connectivity index (χ1n) is 8.14. The minimum Gasteiger partial charge on any atom is -0.316 e. The van der Waals surface area contributed by atoms with E-state index in [0.29, 0.717) is 6.04 Å². The van der Waals surface area contributed by atoms with Gasteiger partial charge < -0.3 is 10.2 Å². The molecule has 5 heteroatoms. The summed E-state index contributed by atoms with van der Waals surface area (Å²) in [6, 6.07) is 0.468. The molecule has 0 aromatic heterocycles. The van der Waals surface area contributed by atoms with Gasteiger partial charge in [0.2, 0.25) is 0 Å². The minimum absolute atomic E-state index is 0.111. The first kappa shape index (κ1) is 16.2. The third-order valence-corrected chi connectivity index (χ3v) is 6.66. The van der Waals surface area contributed by atoms with Gasteiger partial charge in [-0.25, -0.2) is 8.42 Å². The maximum atomic E-state index is 11.8. The molecular formula is C15H30N2O2S. The van der Waals surface area contributed by atoms with Gasteiger partial charge in [0.1, 0.15) is 9.84 Å². The topological polar surface area (TPSA) is 49.4 Å². The largest absolute Gasteiger partial charge is 0.316 e. The number of nitrogens with zero attached hydrogens (tertiary/aromatic N) is 1. The SMILES string of the molecule is CCN(CC1CCCNC1)C1CCCC(S(C)(=O)=O)C1. The van der Waals surface area contributed by atoms with E-state index in [2.05, 4.69) is 17.1 Å². The second-order valence-electron chi connectivity index (χ2n) is 6.57. The molecule has 0 radical (unpaired) electrons. The van der Waals surface area contributed by atoms with E-state index < -0.39 is 9.84 Å². The van der Waals surface area contributed by atoms with Crippen LogP contribution < -0.4 is 5.32 Å². The summed E-state index contributed by atoms with van der Waals surface area (Å²) in [5.41, 5.74) is 0. The Morgan fingerprint density at radius 1 is 1.20 bits per heavy atom. The molecule has 20 heavy (non-hydrogen) atoms. The molecule has 118 valence electrons. The highest BCUT2D eigenvalue weighted by Gasteiger charge is 2.32. The van der Waals surface area contributed by atoms with E-state index in [1.807, 2.05) is 0 Å². The Hall–Kier alpha value is -0.130. The highest BCUT2D eigenvalue weighted by atomic mass is 32.2. The molecule has 1 heterocycles. The lowest BCUT2D eigenvalue weighted by Gasteiger charge is -2.39. The molecule has 0 aromatic rings. The van der Waals surface area contributed by atoms with Gasteiger partial charge in [-0.1, -0.05) is 13.3 Å². The van der Waals surface area contributed by atoms with Gasteiger partial charge in [-0.2, -0.15) is 0 Å². The first-order valence-corrected chi connectivity index (χ1v) is 10.1. The van der Waals surface area contributed by atoms with Gasteiger partial charge in [0.05, 0.1) is 5.25 Å². The molecule has 1 N–H and O–H groups in total. The lowest BCUT2D eigenvalue weighted by atomic mass is 9.91. The smallest absolute Gasteiger partial charge is 0.150 e. The molecule has 1 saturated heterocycles. The molecule has 0 bridgehead atoms. The fraction of sp³-hybridized carbons (Fsp3) is 1.00.